The van der Waals surface area contributed by atoms with E-state index < -0.39 is 0 Å². The first-order valence-corrected chi connectivity index (χ1v) is 8.83. The van der Waals surface area contributed by atoms with Crippen molar-refractivity contribution < 1.29 is 0 Å². The van der Waals surface area contributed by atoms with Crippen LogP contribution in [0.1, 0.15) is 242 Å². The molecule has 0 aliphatic carbocycles. The molecule has 0 aromatic rings. The third-order valence-electron chi connectivity index (χ3n) is 0. The van der Waals surface area contributed by atoms with Gasteiger partial charge < -0.3 is 0 Å². The smallest absolute Gasteiger partial charge is 0.0590 e. The fourth-order valence-electron chi connectivity index (χ4n) is 0. The van der Waals surface area contributed by atoms with Crippen molar-refractivity contribution in [3.05, 3.63) is 0 Å². The fraction of sp³-hybridized carbons (Fsp3) is 1.00. The Kier molecular flexibility index (Phi) is 92000. The minimum atomic E-state index is 0. The second-order valence-electron chi connectivity index (χ2n) is 1.41. The van der Waals surface area contributed by atoms with E-state index in [0.717, 1.165) is 0 Å². The van der Waals surface area contributed by atoms with Crippen LogP contribution in [0.2, 0.25) is 0 Å². The molecule has 0 amide bonds. The molecule has 0 N–H and O–H groups in total. The van der Waals surface area contributed by atoms with Gasteiger partial charge in [0.05, 0.1) is 0 Å². The zero-order valence-electron chi connectivity index (χ0n) is 17.4. The van der Waals surface area contributed by atoms with Crippen molar-refractivity contribution in [3.63, 3.8) is 0 Å². The average Bonchev–Trinajstić information content (AvgIpc) is 2.52. The lowest BCUT2D eigenvalue weighted by atomic mass is 10.6. The van der Waals surface area contributed by atoms with E-state index in [0.29, 0.717) is 0 Å². The van der Waals surface area contributed by atoms with Gasteiger partial charge in [0.15, 0.2) is 0 Å². The standard InChI is InChI=1S/2C3H8.6C2H6.16CH4/c2*1-3-2;6*1-2;;;;;;;;;;;;;;;;/h2*3H2,1-2H3;6*1-2H3;16*1H4. The minimum Gasteiger partial charge on any atom is -0.0776 e. The Hall–Kier alpha value is 0. The van der Waals surface area contributed by atoms with E-state index >= 15 is 0 Å². The average molecular weight is 525 g/mol. The summed E-state index contributed by atoms with van der Waals surface area (Å²) in [6.07, 6.45) is 2.50. The van der Waals surface area contributed by atoms with E-state index in [2.05, 4.69) is 27.7 Å². The molecule has 0 saturated carbocycles. The van der Waals surface area contributed by atoms with Crippen LogP contribution in [-0.2, 0) is 0 Å². The summed E-state index contributed by atoms with van der Waals surface area (Å²) >= 11 is 0. The number of hydrogen-bond donors (Lipinski definition) is 0. The molecular weight excluding hydrogens is 408 g/mol. The Morgan fingerprint density at radius 1 is 0.176 bits per heavy atom. The number of rotatable bonds is 0. The molecule has 0 saturated heterocycles. The van der Waals surface area contributed by atoms with Gasteiger partial charge in [0.25, 0.3) is 0 Å². The molecule has 0 aliphatic heterocycles. The monoisotopic (exact) mass is 525 g/mol. The van der Waals surface area contributed by atoms with Crippen LogP contribution in [-0.4, -0.2) is 0 Å². The summed E-state index contributed by atoms with van der Waals surface area (Å²) in [5.74, 6) is 0. The lowest BCUT2D eigenvalue weighted by Crippen LogP contribution is -1.27. The largest absolute Gasteiger partial charge is 0.0776 e. The van der Waals surface area contributed by atoms with Gasteiger partial charge in [-0.05, 0) is 0 Å². The molecule has 0 nitrogen and oxygen atoms in total. The van der Waals surface area contributed by atoms with Gasteiger partial charge in [-0.1, -0.05) is 242 Å². The fourth-order valence-corrected chi connectivity index (χ4v) is 0. The summed E-state index contributed by atoms with van der Waals surface area (Å²) < 4.78 is 0. The van der Waals surface area contributed by atoms with Crippen molar-refractivity contribution >= 4 is 0 Å². The van der Waals surface area contributed by atoms with E-state index in [1.54, 1.807) is 0 Å². The van der Waals surface area contributed by atoms with Crippen molar-refractivity contribution in [2.24, 2.45) is 0 Å². The van der Waals surface area contributed by atoms with Crippen molar-refractivity contribution in [1.29, 1.82) is 0 Å². The number of hydrogen-bond acceptors (Lipinski definition) is 0. The van der Waals surface area contributed by atoms with Crippen LogP contribution < -0.4 is 0 Å². The van der Waals surface area contributed by atoms with Crippen LogP contribution >= 0.6 is 0 Å². The molecule has 34 heavy (non-hydrogen) atoms. The van der Waals surface area contributed by atoms with Crippen molar-refractivity contribution in [1.82, 2.24) is 0 Å². The van der Waals surface area contributed by atoms with Gasteiger partial charge in [0, 0.05) is 0 Å². The lowest BCUT2D eigenvalue weighted by molar-refractivity contribution is 1.09. The van der Waals surface area contributed by atoms with Gasteiger partial charge in [-0.2, -0.15) is 0 Å². The molecule has 0 bridgehead atoms. The molecule has 0 rings (SSSR count). The van der Waals surface area contributed by atoms with Gasteiger partial charge in [-0.3, -0.25) is 0 Å². The SMILES string of the molecule is C.C.C.C.C.C.C.C.C.C.C.C.C.C.C.C.CC.CC.CC.CC.CC.CC.CCC.CCC. The first-order chi connectivity index (χ1) is 8.83. The summed E-state index contributed by atoms with van der Waals surface area (Å²) in [7, 11) is 0. The second kappa shape index (κ2) is 8450. The van der Waals surface area contributed by atoms with Gasteiger partial charge in [0.1, 0.15) is 0 Å². The highest BCUT2D eigenvalue weighted by Crippen LogP contribution is 1.56. The van der Waals surface area contributed by atoms with E-state index in [1.807, 2.05) is 83.1 Å². The highest BCUT2D eigenvalue weighted by molar-refractivity contribution is 3.92. The third kappa shape index (κ3) is 0. The van der Waals surface area contributed by atoms with Crippen molar-refractivity contribution in [2.45, 2.75) is 242 Å². The molecule has 0 heterocycles. The van der Waals surface area contributed by atoms with Gasteiger partial charge in [0.2, 0.25) is 0 Å². The Morgan fingerprint density at radius 2 is 0.176 bits per heavy atom. The molecule has 0 aliphatic rings. The molecule has 0 aromatic heterocycles. The summed E-state index contributed by atoms with van der Waals surface area (Å²) in [5, 5.41) is 0. The first kappa shape index (κ1) is 370. The molecule has 0 radical (unpaired) electrons. The van der Waals surface area contributed by atoms with Crippen LogP contribution in [0, 0.1) is 0 Å². The normalized spacial score (nSPS) is 2.12. The van der Waals surface area contributed by atoms with Gasteiger partial charge in [-0.15, -0.1) is 0 Å². The quantitative estimate of drug-likeness (QED) is 0.295. The van der Waals surface area contributed by atoms with E-state index in [4.69, 9.17) is 0 Å². The van der Waals surface area contributed by atoms with Crippen LogP contribution in [0.25, 0.3) is 0 Å². The van der Waals surface area contributed by atoms with E-state index in [9.17, 15) is 0 Å². The molecule has 0 heteroatoms. The minimum absolute atomic E-state index is 0. The topological polar surface area (TPSA) is 0 Å². The highest BCUT2D eigenvalue weighted by atomic mass is 13.4. The lowest BCUT2D eigenvalue weighted by Gasteiger charge is -1.48. The van der Waals surface area contributed by atoms with Crippen LogP contribution in [0.3, 0.4) is 0 Å². The Labute approximate surface area is 242 Å². The summed E-state index contributed by atoms with van der Waals surface area (Å²) in [6, 6.07) is 0. The zero-order valence-corrected chi connectivity index (χ0v) is 17.4. The van der Waals surface area contributed by atoms with Crippen LogP contribution in [0.5, 0.6) is 0 Å². The highest BCUT2D eigenvalue weighted by Gasteiger charge is 1.36. The second-order valence-corrected chi connectivity index (χ2v) is 1.41. The van der Waals surface area contributed by atoms with Crippen molar-refractivity contribution in [3.8, 4) is 0 Å². The predicted molar refractivity (Wildman–Crippen MR) is 208 cm³/mol. The Morgan fingerprint density at radius 3 is 0.176 bits per heavy atom. The molecule has 0 spiro atoms. The van der Waals surface area contributed by atoms with Crippen LogP contribution in [0.4, 0.5) is 0 Å². The molecule has 0 fully saturated rings. The Balaban J connectivity index is -0.00000000144. The molecule has 0 atom stereocenters. The van der Waals surface area contributed by atoms with Crippen molar-refractivity contribution in [2.75, 3.05) is 0 Å². The summed E-state index contributed by atoms with van der Waals surface area (Å²) in [6.45, 7) is 32.5. The predicted octanol–water partition coefficient (Wildman–Crippen LogP) is 19.2. The van der Waals surface area contributed by atoms with Gasteiger partial charge >= 0.3 is 0 Å². The van der Waals surface area contributed by atoms with E-state index in [1.165, 1.54) is 12.8 Å². The summed E-state index contributed by atoms with van der Waals surface area (Å²) in [5.41, 5.74) is 0. The van der Waals surface area contributed by atoms with Crippen LogP contribution in [0.15, 0.2) is 0 Å². The molecular formula is C34H116. The van der Waals surface area contributed by atoms with E-state index in [-0.39, 0.29) is 119 Å². The third-order valence-corrected chi connectivity index (χ3v) is 0. The maximum absolute atomic E-state index is 2.12. The molecule has 0 unspecified atom stereocenters. The molecule has 0 aromatic carbocycles. The maximum atomic E-state index is 2.12. The Bertz CT molecular complexity index is 2.00. The maximum Gasteiger partial charge on any atom is -0.0590 e. The zero-order chi connectivity index (χ0) is 17.4. The molecule has 252 valence electrons. The van der Waals surface area contributed by atoms with Gasteiger partial charge in [-0.25, -0.2) is 0 Å². The first-order valence-electron chi connectivity index (χ1n) is 8.83. The summed E-state index contributed by atoms with van der Waals surface area (Å²) in [4.78, 5) is 0.